The van der Waals surface area contributed by atoms with Gasteiger partial charge in [0.25, 0.3) is 0 Å². The topological polar surface area (TPSA) is 18.5 Å². The summed E-state index contributed by atoms with van der Waals surface area (Å²) in [5.74, 6) is -23.5. The quantitative estimate of drug-likeness (QED) is 0.480. The van der Waals surface area contributed by atoms with E-state index in [1.807, 2.05) is 0 Å². The Morgan fingerprint density at radius 1 is 0.778 bits per heavy atom. The molecule has 0 aromatic heterocycles. The second-order valence-corrected chi connectivity index (χ2v) is 3.87. The predicted molar refractivity (Wildman–Crippen MR) is 51.6 cm³/mol. The Morgan fingerprint density at radius 3 is 1.39 bits per heavy atom. The summed E-state index contributed by atoms with van der Waals surface area (Å²) in [4.78, 5) is 0. The second-order valence-electron chi connectivity index (χ2n) is 3.24. The van der Waals surface area contributed by atoms with Crippen LogP contribution < -0.4 is 0 Å². The first-order chi connectivity index (χ1) is 7.87. The molecule has 0 fully saturated rings. The van der Waals surface area contributed by atoms with Gasteiger partial charge in [0, 0.05) is 7.11 Å². The summed E-state index contributed by atoms with van der Waals surface area (Å²) in [6, 6.07) is 0. The Labute approximate surface area is 110 Å². The van der Waals surface area contributed by atoms with Crippen LogP contribution in [0.2, 0.25) is 0 Å². The number of hydrogen-bond acceptors (Lipinski definition) is 2. The molecule has 0 atom stereocenters. The molecule has 0 saturated carbocycles. The van der Waals surface area contributed by atoms with Crippen LogP contribution in [0.4, 0.5) is 35.1 Å². The van der Waals surface area contributed by atoms with Crippen molar-refractivity contribution in [2.24, 2.45) is 0 Å². The van der Waals surface area contributed by atoms with Gasteiger partial charge in [-0.25, -0.2) is 0 Å². The maximum absolute atomic E-state index is 12.9. The first-order valence-corrected chi connectivity index (χ1v) is 4.99. The Kier molecular flexibility index (Phi) is 5.64. The third-order valence-corrected chi connectivity index (χ3v) is 2.19. The molecule has 0 aliphatic carbocycles. The molecular formula is C7H7F8IO2. The molecule has 11 heteroatoms. The van der Waals surface area contributed by atoms with E-state index in [1.54, 1.807) is 0 Å². The molecular weight excluding hydrogens is 395 g/mol. The van der Waals surface area contributed by atoms with Gasteiger partial charge in [-0.2, -0.15) is 35.1 Å². The zero-order valence-corrected chi connectivity index (χ0v) is 10.8. The van der Waals surface area contributed by atoms with Crippen molar-refractivity contribution in [3.05, 3.63) is 0 Å². The highest BCUT2D eigenvalue weighted by Gasteiger charge is 2.80. The summed E-state index contributed by atoms with van der Waals surface area (Å²) >= 11 is 0.748. The van der Waals surface area contributed by atoms with Crippen LogP contribution >= 0.6 is 23.0 Å². The van der Waals surface area contributed by atoms with Crippen LogP contribution in [0.3, 0.4) is 0 Å². The highest BCUT2D eigenvalue weighted by atomic mass is 127. The molecule has 18 heavy (non-hydrogen) atoms. The Hall–Kier alpha value is 0.0900. The fourth-order valence-electron chi connectivity index (χ4n) is 0.890. The van der Waals surface area contributed by atoms with Crippen molar-refractivity contribution in [3.63, 3.8) is 0 Å². The molecule has 0 rings (SSSR count). The number of hydrogen-bond donors (Lipinski definition) is 0. The lowest BCUT2D eigenvalue weighted by Gasteiger charge is -2.36. The van der Waals surface area contributed by atoms with Gasteiger partial charge in [-0.15, -0.1) is 0 Å². The van der Waals surface area contributed by atoms with E-state index in [4.69, 9.17) is 0 Å². The van der Waals surface area contributed by atoms with E-state index >= 15 is 0 Å². The average molecular weight is 402 g/mol. The first-order valence-electron chi connectivity index (χ1n) is 4.11. The molecule has 0 aliphatic rings. The largest absolute Gasteiger partial charge is 0.380 e. The maximum Gasteiger partial charge on any atom is 0.380 e. The van der Waals surface area contributed by atoms with Crippen LogP contribution in [-0.2, 0) is 7.80 Å². The molecule has 0 radical (unpaired) electrons. The molecule has 0 unspecified atom stereocenters. The number of halogens is 9. The Morgan fingerprint density at radius 2 is 1.11 bits per heavy atom. The lowest BCUT2D eigenvalue weighted by molar-refractivity contribution is -0.372. The van der Waals surface area contributed by atoms with Crippen LogP contribution in [0.5, 0.6) is 0 Å². The van der Waals surface area contributed by atoms with Gasteiger partial charge in [-0.1, -0.05) is 0 Å². The lowest BCUT2D eigenvalue weighted by atomic mass is 9.99. The zero-order chi connectivity index (χ0) is 14.8. The summed E-state index contributed by atoms with van der Waals surface area (Å²) in [6.45, 7) is -4.27. The summed E-state index contributed by atoms with van der Waals surface area (Å²) in [5, 5.41) is 0. The minimum absolute atomic E-state index is 0.536. The maximum atomic E-state index is 12.9. The minimum atomic E-state index is -6.30. The molecule has 0 spiro atoms. The molecule has 0 N–H and O–H groups in total. The van der Waals surface area contributed by atoms with Gasteiger partial charge in [-0.3, -0.25) is 0 Å². The Bertz CT molecular complexity index is 255. The van der Waals surface area contributed by atoms with E-state index < -0.39 is 36.9 Å². The molecule has 0 heterocycles. The standard InChI is InChI=1S/C7H7F8IO2/c1-17-2-4(8,9)6(12,13)7(14,15)5(10,11)3-18-16/h2-3H2,1H3. The SMILES string of the molecule is COCC(F)(F)C(F)(F)C(F)(F)C(F)(F)COI. The van der Waals surface area contributed by atoms with Crippen LogP contribution in [-0.4, -0.2) is 44.0 Å². The Balaban J connectivity index is 5.43. The van der Waals surface area contributed by atoms with Crippen LogP contribution in [0.1, 0.15) is 0 Å². The summed E-state index contributed by atoms with van der Waals surface area (Å²) in [6.07, 6.45) is 0. The number of ether oxygens (including phenoxy) is 1. The van der Waals surface area contributed by atoms with Crippen LogP contribution in [0.25, 0.3) is 0 Å². The van der Waals surface area contributed by atoms with E-state index in [0.29, 0.717) is 7.11 Å². The van der Waals surface area contributed by atoms with E-state index in [0.717, 1.165) is 23.0 Å². The summed E-state index contributed by atoms with van der Waals surface area (Å²) < 4.78 is 110. The van der Waals surface area contributed by atoms with Gasteiger partial charge in [0.2, 0.25) is 0 Å². The van der Waals surface area contributed by atoms with E-state index in [2.05, 4.69) is 7.80 Å². The summed E-state index contributed by atoms with van der Waals surface area (Å²) in [5.41, 5.74) is 0. The lowest BCUT2D eigenvalue weighted by Crippen LogP contribution is -2.64. The van der Waals surface area contributed by atoms with E-state index in [1.165, 1.54) is 0 Å². The second kappa shape index (κ2) is 5.61. The normalized spacial score (nSPS) is 15.0. The fourth-order valence-corrected chi connectivity index (χ4v) is 1.28. The van der Waals surface area contributed by atoms with Crippen molar-refractivity contribution in [2.75, 3.05) is 20.3 Å². The molecule has 0 aromatic carbocycles. The van der Waals surface area contributed by atoms with Crippen molar-refractivity contribution in [1.82, 2.24) is 0 Å². The fraction of sp³-hybridized carbons (Fsp3) is 1.00. The third kappa shape index (κ3) is 2.98. The molecule has 0 amide bonds. The molecule has 0 saturated heterocycles. The first kappa shape index (κ1) is 18.1. The van der Waals surface area contributed by atoms with Gasteiger partial charge in [0.1, 0.15) is 36.2 Å². The number of rotatable bonds is 7. The molecule has 0 bridgehead atoms. The predicted octanol–water partition coefficient (Wildman–Crippen LogP) is 3.54. The minimum Gasteiger partial charge on any atom is -0.378 e. The number of alkyl halides is 8. The number of methoxy groups -OCH3 is 1. The van der Waals surface area contributed by atoms with E-state index in [-0.39, 0.29) is 0 Å². The van der Waals surface area contributed by atoms with Crippen molar-refractivity contribution in [2.45, 2.75) is 23.7 Å². The summed E-state index contributed by atoms with van der Waals surface area (Å²) in [7, 11) is 0.536. The van der Waals surface area contributed by atoms with Gasteiger partial charge < -0.3 is 7.80 Å². The van der Waals surface area contributed by atoms with Crippen molar-refractivity contribution < 1.29 is 42.9 Å². The van der Waals surface area contributed by atoms with Crippen molar-refractivity contribution in [3.8, 4) is 0 Å². The molecule has 110 valence electrons. The average Bonchev–Trinajstić information content (AvgIpc) is 2.16. The van der Waals surface area contributed by atoms with Gasteiger partial charge in [0.15, 0.2) is 0 Å². The zero-order valence-electron chi connectivity index (χ0n) is 8.63. The third-order valence-electron chi connectivity index (χ3n) is 1.87. The molecule has 2 nitrogen and oxygen atoms in total. The van der Waals surface area contributed by atoms with Gasteiger partial charge in [0.05, 0.1) is 0 Å². The van der Waals surface area contributed by atoms with E-state index in [9.17, 15) is 35.1 Å². The van der Waals surface area contributed by atoms with Crippen LogP contribution in [0, 0.1) is 0 Å². The molecule has 0 aliphatic heterocycles. The van der Waals surface area contributed by atoms with Crippen molar-refractivity contribution in [1.29, 1.82) is 0 Å². The van der Waals surface area contributed by atoms with Gasteiger partial charge >= 0.3 is 23.7 Å². The van der Waals surface area contributed by atoms with Crippen LogP contribution in [0.15, 0.2) is 0 Å². The monoisotopic (exact) mass is 402 g/mol. The highest BCUT2D eigenvalue weighted by Crippen LogP contribution is 2.52. The smallest absolute Gasteiger partial charge is 0.378 e. The molecule has 0 aromatic rings. The van der Waals surface area contributed by atoms with Gasteiger partial charge in [-0.05, 0) is 0 Å². The highest BCUT2D eigenvalue weighted by molar-refractivity contribution is 14.1. The van der Waals surface area contributed by atoms with Crippen molar-refractivity contribution >= 4 is 23.0 Å².